The average Bonchev–Trinajstić information content (AvgIpc) is 2.13. The van der Waals surface area contributed by atoms with Gasteiger partial charge in [0.15, 0.2) is 0 Å². The summed E-state index contributed by atoms with van der Waals surface area (Å²) in [5.74, 6) is -0.861. The van der Waals surface area contributed by atoms with Gasteiger partial charge in [-0.25, -0.2) is 0 Å². The molecule has 0 aromatic heterocycles. The van der Waals surface area contributed by atoms with Crippen molar-refractivity contribution in [2.24, 2.45) is 0 Å². The summed E-state index contributed by atoms with van der Waals surface area (Å²) in [6.07, 6.45) is 0.697. The van der Waals surface area contributed by atoms with Crippen LogP contribution in [0, 0.1) is 0 Å². The molecule has 0 aliphatic carbocycles. The van der Waals surface area contributed by atoms with Gasteiger partial charge in [-0.2, -0.15) is 0 Å². The first-order valence-corrected chi connectivity index (χ1v) is 4.60. The number of carboxylic acid groups (broad SMARTS) is 1. The third-order valence-electron chi connectivity index (χ3n) is 2.20. The summed E-state index contributed by atoms with van der Waals surface area (Å²) in [4.78, 5) is 23.1. The SMILES string of the molecule is CNC(=O)CN(C)C(C)CCC(=O)O. The van der Waals surface area contributed by atoms with Crippen molar-refractivity contribution in [1.29, 1.82) is 0 Å². The fraction of sp³-hybridized carbons (Fsp3) is 0.778. The number of nitrogens with one attached hydrogen (secondary N) is 1. The molecule has 0 aromatic rings. The Labute approximate surface area is 84.1 Å². The summed E-state index contributed by atoms with van der Waals surface area (Å²) < 4.78 is 0. The lowest BCUT2D eigenvalue weighted by atomic mass is 10.1. The van der Waals surface area contributed by atoms with Gasteiger partial charge in [-0.3, -0.25) is 14.5 Å². The number of carbonyl (C=O) groups excluding carboxylic acids is 1. The Balaban J connectivity index is 3.80. The molecule has 5 nitrogen and oxygen atoms in total. The molecular weight excluding hydrogens is 184 g/mol. The van der Waals surface area contributed by atoms with E-state index in [-0.39, 0.29) is 18.4 Å². The lowest BCUT2D eigenvalue weighted by molar-refractivity contribution is -0.137. The zero-order valence-corrected chi connectivity index (χ0v) is 8.91. The van der Waals surface area contributed by atoms with Gasteiger partial charge in [-0.05, 0) is 20.4 Å². The molecule has 1 unspecified atom stereocenters. The second-order valence-corrected chi connectivity index (χ2v) is 3.37. The molecule has 0 saturated heterocycles. The van der Waals surface area contributed by atoms with Gasteiger partial charge in [-0.15, -0.1) is 0 Å². The Kier molecular flexibility index (Phi) is 5.87. The molecule has 0 aliphatic rings. The van der Waals surface area contributed by atoms with E-state index in [4.69, 9.17) is 5.11 Å². The number of nitrogens with zero attached hydrogens (tertiary/aromatic N) is 1. The lowest BCUT2D eigenvalue weighted by Gasteiger charge is -2.22. The van der Waals surface area contributed by atoms with E-state index in [0.29, 0.717) is 13.0 Å². The molecule has 14 heavy (non-hydrogen) atoms. The normalized spacial score (nSPS) is 12.6. The highest BCUT2D eigenvalue weighted by Gasteiger charge is 2.13. The first-order chi connectivity index (χ1) is 6.47. The summed E-state index contributed by atoms with van der Waals surface area (Å²) in [7, 11) is 3.39. The minimum Gasteiger partial charge on any atom is -0.481 e. The van der Waals surface area contributed by atoms with E-state index in [2.05, 4.69) is 5.32 Å². The highest BCUT2D eigenvalue weighted by atomic mass is 16.4. The Hall–Kier alpha value is -1.10. The molecule has 0 aliphatic heterocycles. The first-order valence-electron chi connectivity index (χ1n) is 4.60. The third-order valence-corrected chi connectivity index (χ3v) is 2.20. The number of hydrogen-bond donors (Lipinski definition) is 2. The van der Waals surface area contributed by atoms with E-state index in [1.54, 1.807) is 7.05 Å². The van der Waals surface area contributed by atoms with Crippen molar-refractivity contribution in [1.82, 2.24) is 10.2 Å². The Morgan fingerprint density at radius 1 is 1.50 bits per heavy atom. The molecule has 2 N–H and O–H groups in total. The number of carboxylic acids is 1. The van der Waals surface area contributed by atoms with Gasteiger partial charge in [0.2, 0.25) is 5.91 Å². The molecule has 0 spiro atoms. The first kappa shape index (κ1) is 12.9. The second-order valence-electron chi connectivity index (χ2n) is 3.37. The predicted octanol–water partition coefficient (Wildman–Crippen LogP) is -0.0825. The molecule has 82 valence electrons. The van der Waals surface area contributed by atoms with Gasteiger partial charge in [0.25, 0.3) is 0 Å². The van der Waals surface area contributed by atoms with Gasteiger partial charge in [0.05, 0.1) is 6.54 Å². The maximum absolute atomic E-state index is 11.0. The zero-order chi connectivity index (χ0) is 11.1. The molecule has 0 saturated carbocycles. The molecule has 0 fully saturated rings. The van der Waals surface area contributed by atoms with E-state index >= 15 is 0 Å². The summed E-state index contributed by atoms with van der Waals surface area (Å²) >= 11 is 0. The molecule has 0 heterocycles. The summed E-state index contributed by atoms with van der Waals surface area (Å²) in [6, 6.07) is 0.100. The zero-order valence-electron chi connectivity index (χ0n) is 8.91. The standard InChI is InChI=1S/C9H18N2O3/c1-7(4-5-9(13)14)11(3)6-8(12)10-2/h7H,4-6H2,1-3H3,(H,10,12)(H,13,14). The summed E-state index contributed by atoms with van der Waals surface area (Å²) in [5.41, 5.74) is 0. The Bertz CT molecular complexity index is 206. The van der Waals surface area contributed by atoms with Gasteiger partial charge in [0, 0.05) is 19.5 Å². The monoisotopic (exact) mass is 202 g/mol. The van der Waals surface area contributed by atoms with Crippen LogP contribution >= 0.6 is 0 Å². The Morgan fingerprint density at radius 3 is 2.50 bits per heavy atom. The topological polar surface area (TPSA) is 69.6 Å². The fourth-order valence-corrected chi connectivity index (χ4v) is 1.01. The van der Waals surface area contributed by atoms with E-state index < -0.39 is 5.97 Å². The van der Waals surface area contributed by atoms with Crippen LogP contribution in [-0.4, -0.2) is 48.6 Å². The lowest BCUT2D eigenvalue weighted by Crippen LogP contribution is -2.38. The molecule has 0 aromatic carbocycles. The van der Waals surface area contributed by atoms with E-state index in [0.717, 1.165) is 0 Å². The maximum atomic E-state index is 11.0. The number of hydrogen-bond acceptors (Lipinski definition) is 3. The summed E-state index contributed by atoms with van der Waals surface area (Å²) in [5, 5.41) is 11.0. The van der Waals surface area contributed by atoms with Crippen LogP contribution in [0.15, 0.2) is 0 Å². The number of amides is 1. The van der Waals surface area contributed by atoms with Crippen molar-refractivity contribution >= 4 is 11.9 Å². The third kappa shape index (κ3) is 5.53. The van der Waals surface area contributed by atoms with Crippen LogP contribution < -0.4 is 5.32 Å². The van der Waals surface area contributed by atoms with Crippen LogP contribution in [0.2, 0.25) is 0 Å². The van der Waals surface area contributed by atoms with E-state index in [9.17, 15) is 9.59 Å². The highest BCUT2D eigenvalue weighted by Crippen LogP contribution is 2.03. The van der Waals surface area contributed by atoms with Crippen molar-refractivity contribution in [3.05, 3.63) is 0 Å². The van der Waals surface area contributed by atoms with Crippen molar-refractivity contribution < 1.29 is 14.7 Å². The molecule has 0 radical (unpaired) electrons. The van der Waals surface area contributed by atoms with Crippen LogP contribution in [0.25, 0.3) is 0 Å². The van der Waals surface area contributed by atoms with Crippen LogP contribution in [-0.2, 0) is 9.59 Å². The van der Waals surface area contributed by atoms with Crippen LogP contribution in [0.3, 0.4) is 0 Å². The molecule has 0 bridgehead atoms. The van der Waals surface area contributed by atoms with Crippen molar-refractivity contribution in [2.75, 3.05) is 20.6 Å². The van der Waals surface area contributed by atoms with E-state index in [1.807, 2.05) is 18.9 Å². The minimum absolute atomic E-state index is 0.0605. The van der Waals surface area contributed by atoms with Gasteiger partial charge >= 0.3 is 5.97 Å². The number of rotatable bonds is 6. The van der Waals surface area contributed by atoms with Crippen molar-refractivity contribution in [2.45, 2.75) is 25.8 Å². The fourth-order valence-electron chi connectivity index (χ4n) is 1.01. The highest BCUT2D eigenvalue weighted by molar-refractivity contribution is 5.77. The number of likely N-dealkylation sites (N-methyl/N-ethyl adjacent to an activating group) is 2. The smallest absolute Gasteiger partial charge is 0.303 e. The second kappa shape index (κ2) is 6.37. The van der Waals surface area contributed by atoms with Gasteiger partial charge in [0.1, 0.15) is 0 Å². The minimum atomic E-state index is -0.801. The maximum Gasteiger partial charge on any atom is 0.303 e. The average molecular weight is 202 g/mol. The van der Waals surface area contributed by atoms with Crippen molar-refractivity contribution in [3.8, 4) is 0 Å². The largest absolute Gasteiger partial charge is 0.481 e. The van der Waals surface area contributed by atoms with E-state index in [1.165, 1.54) is 0 Å². The quantitative estimate of drug-likeness (QED) is 0.632. The Morgan fingerprint density at radius 2 is 2.07 bits per heavy atom. The molecule has 5 heteroatoms. The van der Waals surface area contributed by atoms with Crippen LogP contribution in [0.5, 0.6) is 0 Å². The van der Waals surface area contributed by atoms with Crippen LogP contribution in [0.1, 0.15) is 19.8 Å². The van der Waals surface area contributed by atoms with Crippen molar-refractivity contribution in [3.63, 3.8) is 0 Å². The van der Waals surface area contributed by atoms with Gasteiger partial charge < -0.3 is 10.4 Å². The summed E-state index contributed by atoms with van der Waals surface area (Å²) in [6.45, 7) is 2.21. The molecule has 1 amide bonds. The van der Waals surface area contributed by atoms with Crippen LogP contribution in [0.4, 0.5) is 0 Å². The molecular formula is C9H18N2O3. The number of carbonyl (C=O) groups is 2. The predicted molar refractivity (Wildman–Crippen MR) is 53.0 cm³/mol. The molecule has 1 atom stereocenters. The number of aliphatic carboxylic acids is 1. The molecule has 0 rings (SSSR count). The van der Waals surface area contributed by atoms with Gasteiger partial charge in [-0.1, -0.05) is 0 Å².